The lowest BCUT2D eigenvalue weighted by Gasteiger charge is -2.06. The number of carbonyl (C=O) groups excluding carboxylic acids is 1. The molecule has 24 heavy (non-hydrogen) atoms. The van der Waals surface area contributed by atoms with Gasteiger partial charge < -0.3 is 14.2 Å². The van der Waals surface area contributed by atoms with Crippen molar-refractivity contribution in [2.24, 2.45) is 0 Å². The molecular weight excluding hydrogens is 306 g/mol. The van der Waals surface area contributed by atoms with Crippen LogP contribution in [0.15, 0.2) is 48.0 Å². The summed E-state index contributed by atoms with van der Waals surface area (Å²) in [6.45, 7) is 0. The molecule has 0 aliphatic rings. The minimum atomic E-state index is -0.359. The number of hydrogen-bond acceptors (Lipinski definition) is 5. The summed E-state index contributed by atoms with van der Waals surface area (Å²) < 4.78 is 15.4. The number of nitriles is 1. The van der Waals surface area contributed by atoms with Crippen molar-refractivity contribution in [1.29, 1.82) is 5.26 Å². The highest BCUT2D eigenvalue weighted by Crippen LogP contribution is 2.24. The van der Waals surface area contributed by atoms with Crippen LogP contribution in [0, 0.1) is 11.3 Å². The van der Waals surface area contributed by atoms with Gasteiger partial charge in [0.05, 0.1) is 21.3 Å². The molecule has 5 heteroatoms. The van der Waals surface area contributed by atoms with Crippen LogP contribution in [0.2, 0.25) is 0 Å². The largest absolute Gasteiger partial charge is 0.497 e. The van der Waals surface area contributed by atoms with E-state index in [2.05, 4.69) is 0 Å². The first-order valence-electron chi connectivity index (χ1n) is 7.15. The Hall–Kier alpha value is -3.26. The molecule has 0 fully saturated rings. The molecule has 0 bridgehead atoms. The van der Waals surface area contributed by atoms with Gasteiger partial charge in [0.25, 0.3) is 0 Å². The Labute approximate surface area is 140 Å². The maximum atomic E-state index is 12.5. The summed E-state index contributed by atoms with van der Waals surface area (Å²) in [4.78, 5) is 12.5. The minimum Gasteiger partial charge on any atom is -0.497 e. The zero-order valence-electron chi connectivity index (χ0n) is 13.7. The highest BCUT2D eigenvalue weighted by atomic mass is 16.5. The summed E-state index contributed by atoms with van der Waals surface area (Å²) in [6, 6.07) is 13.7. The minimum absolute atomic E-state index is 0.0236. The van der Waals surface area contributed by atoms with Crippen molar-refractivity contribution in [3.05, 3.63) is 59.2 Å². The number of benzene rings is 2. The first-order valence-corrected chi connectivity index (χ1v) is 7.15. The van der Waals surface area contributed by atoms with E-state index in [1.807, 2.05) is 6.07 Å². The fourth-order valence-electron chi connectivity index (χ4n) is 2.13. The molecule has 0 N–H and O–H groups in total. The molecule has 0 aliphatic heterocycles. The molecule has 0 radical (unpaired) electrons. The lowest BCUT2D eigenvalue weighted by molar-refractivity contribution is 0.104. The quantitative estimate of drug-likeness (QED) is 0.462. The Bertz CT molecular complexity index is 779. The lowest BCUT2D eigenvalue weighted by Crippen LogP contribution is -2.02. The third kappa shape index (κ3) is 3.93. The van der Waals surface area contributed by atoms with E-state index in [0.717, 1.165) is 0 Å². The fourth-order valence-corrected chi connectivity index (χ4v) is 2.13. The zero-order chi connectivity index (χ0) is 17.5. The SMILES string of the molecule is COc1ccc(C(=O)/C(C#N)=C/c2cc(OC)cc(OC)c2)cc1. The van der Waals surface area contributed by atoms with Crippen molar-refractivity contribution >= 4 is 11.9 Å². The second kappa shape index (κ2) is 7.84. The van der Waals surface area contributed by atoms with E-state index < -0.39 is 0 Å². The lowest BCUT2D eigenvalue weighted by atomic mass is 10.0. The molecule has 2 rings (SSSR count). The van der Waals surface area contributed by atoms with E-state index >= 15 is 0 Å². The Kier molecular flexibility index (Phi) is 5.58. The van der Waals surface area contributed by atoms with Gasteiger partial charge in [0.1, 0.15) is 28.9 Å². The summed E-state index contributed by atoms with van der Waals surface area (Å²) in [6.07, 6.45) is 1.51. The number of allylic oxidation sites excluding steroid dienone is 1. The first kappa shape index (κ1) is 17.1. The topological polar surface area (TPSA) is 68.6 Å². The summed E-state index contributed by atoms with van der Waals surface area (Å²) in [5.41, 5.74) is 1.08. The summed E-state index contributed by atoms with van der Waals surface area (Å²) in [7, 11) is 4.62. The number of hydrogen-bond donors (Lipinski definition) is 0. The van der Waals surface area contributed by atoms with Gasteiger partial charge in [-0.25, -0.2) is 0 Å². The van der Waals surface area contributed by atoms with Gasteiger partial charge in [0, 0.05) is 11.6 Å². The van der Waals surface area contributed by atoms with Crippen molar-refractivity contribution < 1.29 is 19.0 Å². The van der Waals surface area contributed by atoms with Crippen LogP contribution in [0.25, 0.3) is 6.08 Å². The van der Waals surface area contributed by atoms with Gasteiger partial charge in [0.15, 0.2) is 0 Å². The average molecular weight is 323 g/mol. The summed E-state index contributed by atoms with van der Waals surface area (Å²) in [5, 5.41) is 9.35. The van der Waals surface area contributed by atoms with E-state index in [1.54, 1.807) is 49.6 Å². The van der Waals surface area contributed by atoms with Crippen LogP contribution in [0.4, 0.5) is 0 Å². The van der Waals surface area contributed by atoms with E-state index in [0.29, 0.717) is 28.4 Å². The van der Waals surface area contributed by atoms with E-state index in [-0.39, 0.29) is 11.4 Å². The Morgan fingerprint density at radius 2 is 1.46 bits per heavy atom. The standard InChI is InChI=1S/C19H17NO4/c1-22-16-6-4-14(5-7-16)19(21)15(12-20)8-13-9-17(23-2)11-18(10-13)24-3/h4-11H,1-3H3/b15-8+. The van der Waals surface area contributed by atoms with Gasteiger partial charge in [0.2, 0.25) is 5.78 Å². The monoisotopic (exact) mass is 323 g/mol. The molecule has 122 valence electrons. The molecule has 2 aromatic carbocycles. The van der Waals surface area contributed by atoms with Crippen LogP contribution in [0.5, 0.6) is 17.2 Å². The molecule has 0 spiro atoms. The number of rotatable bonds is 6. The van der Waals surface area contributed by atoms with Gasteiger partial charge >= 0.3 is 0 Å². The Morgan fingerprint density at radius 3 is 1.92 bits per heavy atom. The number of methoxy groups -OCH3 is 3. The molecule has 5 nitrogen and oxygen atoms in total. The van der Waals surface area contributed by atoms with Crippen LogP contribution < -0.4 is 14.2 Å². The Balaban J connectivity index is 2.37. The maximum Gasteiger partial charge on any atom is 0.203 e. The number of carbonyl (C=O) groups is 1. The average Bonchev–Trinajstić information content (AvgIpc) is 2.65. The van der Waals surface area contributed by atoms with Gasteiger partial charge in [-0.15, -0.1) is 0 Å². The number of nitrogens with zero attached hydrogens (tertiary/aromatic N) is 1. The van der Waals surface area contributed by atoms with Gasteiger partial charge in [-0.3, -0.25) is 4.79 Å². The van der Waals surface area contributed by atoms with Crippen LogP contribution in [-0.4, -0.2) is 27.1 Å². The molecule has 0 saturated heterocycles. The smallest absolute Gasteiger partial charge is 0.203 e. The van der Waals surface area contributed by atoms with Crippen LogP contribution >= 0.6 is 0 Å². The molecule has 0 unspecified atom stereocenters. The van der Waals surface area contributed by atoms with E-state index in [4.69, 9.17) is 14.2 Å². The molecule has 0 aliphatic carbocycles. The van der Waals surface area contributed by atoms with Crippen molar-refractivity contribution in [3.8, 4) is 23.3 Å². The van der Waals surface area contributed by atoms with Crippen LogP contribution in [0.3, 0.4) is 0 Å². The molecular formula is C19H17NO4. The normalized spacial score (nSPS) is 10.7. The summed E-state index contributed by atoms with van der Waals surface area (Å²) >= 11 is 0. The molecule has 0 aromatic heterocycles. The molecule has 0 atom stereocenters. The van der Waals surface area contributed by atoms with Crippen molar-refractivity contribution in [1.82, 2.24) is 0 Å². The van der Waals surface area contributed by atoms with E-state index in [1.165, 1.54) is 20.3 Å². The highest BCUT2D eigenvalue weighted by Gasteiger charge is 2.13. The predicted molar refractivity (Wildman–Crippen MR) is 90.5 cm³/mol. The molecule has 0 saturated carbocycles. The van der Waals surface area contributed by atoms with Gasteiger partial charge in [-0.1, -0.05) is 0 Å². The third-order valence-electron chi connectivity index (χ3n) is 3.40. The summed E-state index contributed by atoms with van der Waals surface area (Å²) in [5.74, 6) is 1.44. The highest BCUT2D eigenvalue weighted by molar-refractivity contribution is 6.14. The predicted octanol–water partition coefficient (Wildman–Crippen LogP) is 3.50. The second-order valence-electron chi connectivity index (χ2n) is 4.87. The van der Waals surface area contributed by atoms with Crippen molar-refractivity contribution in [2.75, 3.05) is 21.3 Å². The molecule has 2 aromatic rings. The Morgan fingerprint density at radius 1 is 0.917 bits per heavy atom. The van der Waals surface area contributed by atoms with Gasteiger partial charge in [-0.2, -0.15) is 5.26 Å². The fraction of sp³-hybridized carbons (Fsp3) is 0.158. The zero-order valence-corrected chi connectivity index (χ0v) is 13.7. The second-order valence-corrected chi connectivity index (χ2v) is 4.87. The van der Waals surface area contributed by atoms with Crippen molar-refractivity contribution in [3.63, 3.8) is 0 Å². The van der Waals surface area contributed by atoms with Crippen molar-refractivity contribution in [2.45, 2.75) is 0 Å². The number of Topliss-reactive ketones (excluding diaryl/α,β-unsaturated/α-hetero) is 1. The molecule has 0 amide bonds. The number of ketones is 1. The maximum absolute atomic E-state index is 12.5. The molecule has 0 heterocycles. The van der Waals surface area contributed by atoms with Crippen LogP contribution in [0.1, 0.15) is 15.9 Å². The van der Waals surface area contributed by atoms with Gasteiger partial charge in [-0.05, 0) is 48.0 Å². The first-order chi connectivity index (χ1) is 11.6. The third-order valence-corrected chi connectivity index (χ3v) is 3.40. The number of ether oxygens (including phenoxy) is 3. The van der Waals surface area contributed by atoms with Crippen LogP contribution in [-0.2, 0) is 0 Å². The van der Waals surface area contributed by atoms with E-state index in [9.17, 15) is 10.1 Å².